The molecule has 4 nitrogen and oxygen atoms in total. The van der Waals surface area contributed by atoms with Crippen molar-refractivity contribution >= 4 is 33.5 Å². The fourth-order valence-corrected chi connectivity index (χ4v) is 4.68. The maximum absolute atomic E-state index is 10.9. The summed E-state index contributed by atoms with van der Waals surface area (Å²) < 4.78 is 5.69. The maximum Gasteiger partial charge on any atom is 0.312 e. The summed E-state index contributed by atoms with van der Waals surface area (Å²) in [5.74, 6) is 1.02. The van der Waals surface area contributed by atoms with Gasteiger partial charge in [0.25, 0.3) is 0 Å². The number of aromatic nitrogens is 1. The average Bonchev–Trinajstić information content (AvgIpc) is 3.12. The number of aryl methyl sites for hydroxylation is 1. The molecule has 2 atom stereocenters. The number of rotatable bonds is 4. The lowest BCUT2D eigenvalue weighted by atomic mass is 9.93. The number of benzene rings is 1. The first-order valence-electron chi connectivity index (χ1n) is 7.80. The Hall–Kier alpha value is -1.40. The summed E-state index contributed by atoms with van der Waals surface area (Å²) >= 11 is 5.07. The molecule has 1 aliphatic rings. The van der Waals surface area contributed by atoms with E-state index in [4.69, 9.17) is 5.73 Å². The van der Waals surface area contributed by atoms with E-state index in [0.717, 1.165) is 29.4 Å². The van der Waals surface area contributed by atoms with Crippen LogP contribution in [0.5, 0.6) is 0 Å². The van der Waals surface area contributed by atoms with Crippen LogP contribution in [0.4, 0.5) is 4.79 Å². The van der Waals surface area contributed by atoms with Gasteiger partial charge in [-0.1, -0.05) is 28.1 Å². The lowest BCUT2D eigenvalue weighted by Gasteiger charge is -2.13. The Morgan fingerprint density at radius 3 is 2.83 bits per heavy atom. The molecule has 2 unspecified atom stereocenters. The number of hydrogen-bond donors (Lipinski definition) is 2. The van der Waals surface area contributed by atoms with E-state index < -0.39 is 6.03 Å². The largest absolute Gasteiger partial charge is 0.352 e. The summed E-state index contributed by atoms with van der Waals surface area (Å²) in [4.78, 5) is 12.2. The average molecular weight is 394 g/mol. The van der Waals surface area contributed by atoms with Crippen LogP contribution in [0.3, 0.4) is 0 Å². The molecule has 2 aromatic rings. The van der Waals surface area contributed by atoms with Gasteiger partial charge in [-0.05, 0) is 72.8 Å². The number of halogens is 1. The van der Waals surface area contributed by atoms with E-state index in [2.05, 4.69) is 56.8 Å². The minimum absolute atomic E-state index is 0.433. The zero-order valence-electron chi connectivity index (χ0n) is 13.0. The minimum atomic E-state index is -0.433. The predicted molar refractivity (Wildman–Crippen MR) is 97.7 cm³/mol. The summed E-state index contributed by atoms with van der Waals surface area (Å²) in [5.41, 5.74) is 8.93. The highest BCUT2D eigenvalue weighted by Gasteiger charge is 2.30. The van der Waals surface area contributed by atoms with Crippen molar-refractivity contribution in [2.24, 2.45) is 11.7 Å². The molecular weight excluding hydrogens is 374 g/mol. The Labute approximate surface area is 148 Å². The number of nitrogens with zero attached hydrogens (tertiary/aromatic N) is 1. The van der Waals surface area contributed by atoms with Gasteiger partial charge in [0.05, 0.1) is 10.6 Å². The highest BCUT2D eigenvalue weighted by Crippen LogP contribution is 2.44. The predicted octanol–water partition coefficient (Wildman–Crippen LogP) is 4.43. The molecule has 1 fully saturated rings. The van der Waals surface area contributed by atoms with Crippen molar-refractivity contribution in [1.82, 2.24) is 9.69 Å². The van der Waals surface area contributed by atoms with E-state index >= 15 is 0 Å². The van der Waals surface area contributed by atoms with Crippen molar-refractivity contribution < 1.29 is 4.79 Å². The number of nitrogens with two attached hydrogens (primary N) is 1. The monoisotopic (exact) mass is 393 g/mol. The van der Waals surface area contributed by atoms with Gasteiger partial charge in [-0.3, -0.25) is 0 Å². The van der Waals surface area contributed by atoms with Crippen LogP contribution in [-0.2, 0) is 0 Å². The van der Waals surface area contributed by atoms with Crippen LogP contribution in [0.2, 0.25) is 0 Å². The highest BCUT2D eigenvalue weighted by molar-refractivity contribution is 9.10. The number of hydrogen-bond acceptors (Lipinski definition) is 3. The molecule has 23 heavy (non-hydrogen) atoms. The van der Waals surface area contributed by atoms with Gasteiger partial charge < -0.3 is 11.1 Å². The fraction of sp³-hybridized carbons (Fsp3) is 0.412. The number of carbonyl (C=O) groups is 1. The van der Waals surface area contributed by atoms with E-state index in [0.29, 0.717) is 18.4 Å². The Kier molecular flexibility index (Phi) is 5.02. The lowest BCUT2D eigenvalue weighted by Crippen LogP contribution is -2.33. The van der Waals surface area contributed by atoms with Crippen molar-refractivity contribution in [2.45, 2.75) is 32.1 Å². The van der Waals surface area contributed by atoms with E-state index in [1.807, 2.05) is 0 Å². The second kappa shape index (κ2) is 7.01. The number of nitrogens with one attached hydrogen (secondary N) is 1. The third-order valence-electron chi connectivity index (χ3n) is 4.53. The van der Waals surface area contributed by atoms with Gasteiger partial charge in [-0.2, -0.15) is 4.37 Å². The highest BCUT2D eigenvalue weighted by atomic mass is 79.9. The first kappa shape index (κ1) is 16.5. The van der Waals surface area contributed by atoms with Gasteiger partial charge >= 0.3 is 6.03 Å². The molecule has 1 aromatic carbocycles. The summed E-state index contributed by atoms with van der Waals surface area (Å²) in [5, 5.41) is 2.74. The van der Waals surface area contributed by atoms with Gasteiger partial charge in [0.1, 0.15) is 0 Å². The lowest BCUT2D eigenvalue weighted by molar-refractivity contribution is 0.247. The quantitative estimate of drug-likeness (QED) is 0.806. The first-order chi connectivity index (χ1) is 11.0. The zero-order valence-corrected chi connectivity index (χ0v) is 15.4. The molecule has 2 amide bonds. The molecule has 1 aromatic heterocycles. The molecule has 0 saturated heterocycles. The van der Waals surface area contributed by atoms with Crippen LogP contribution in [0.15, 0.2) is 28.7 Å². The van der Waals surface area contributed by atoms with E-state index in [1.165, 1.54) is 16.0 Å². The Morgan fingerprint density at radius 2 is 2.13 bits per heavy atom. The summed E-state index contributed by atoms with van der Waals surface area (Å²) in [7, 11) is 0. The van der Waals surface area contributed by atoms with Crippen molar-refractivity contribution in [1.29, 1.82) is 0 Å². The summed E-state index contributed by atoms with van der Waals surface area (Å²) in [6.07, 6.45) is 3.36. The first-order valence-corrected chi connectivity index (χ1v) is 9.36. The zero-order chi connectivity index (χ0) is 16.4. The van der Waals surface area contributed by atoms with Gasteiger partial charge in [-0.25, -0.2) is 4.79 Å². The van der Waals surface area contributed by atoms with Crippen LogP contribution in [0.25, 0.3) is 10.4 Å². The van der Waals surface area contributed by atoms with Gasteiger partial charge in [0, 0.05) is 11.0 Å². The fourth-order valence-electron chi connectivity index (χ4n) is 3.43. The second-order valence-electron chi connectivity index (χ2n) is 6.14. The number of carbonyl (C=O) groups excluding carboxylic acids is 1. The molecule has 3 rings (SSSR count). The third-order valence-corrected chi connectivity index (χ3v) is 6.06. The summed E-state index contributed by atoms with van der Waals surface area (Å²) in [6.45, 7) is 2.78. The SMILES string of the molecule is Cc1nsc(-c2ccc(Br)cc2)c1C1CCC(CNC(N)=O)C1. The van der Waals surface area contributed by atoms with Crippen LogP contribution >= 0.6 is 27.5 Å². The number of amides is 2. The minimum Gasteiger partial charge on any atom is -0.352 e. The second-order valence-corrected chi connectivity index (χ2v) is 7.83. The molecule has 0 aliphatic heterocycles. The molecule has 3 N–H and O–H groups in total. The van der Waals surface area contributed by atoms with Gasteiger partial charge in [0.15, 0.2) is 0 Å². The summed E-state index contributed by atoms with van der Waals surface area (Å²) in [6, 6.07) is 7.99. The van der Waals surface area contributed by atoms with Crippen LogP contribution < -0.4 is 11.1 Å². The topological polar surface area (TPSA) is 68.0 Å². The van der Waals surface area contributed by atoms with E-state index in [9.17, 15) is 4.79 Å². The van der Waals surface area contributed by atoms with Crippen LogP contribution in [0.1, 0.15) is 36.4 Å². The molecule has 1 saturated carbocycles. The molecule has 1 aliphatic carbocycles. The van der Waals surface area contributed by atoms with Crippen LogP contribution in [0, 0.1) is 12.8 Å². The number of primary amides is 1. The van der Waals surface area contributed by atoms with Crippen molar-refractivity contribution in [3.05, 3.63) is 40.0 Å². The van der Waals surface area contributed by atoms with E-state index in [-0.39, 0.29) is 0 Å². The molecule has 0 spiro atoms. The van der Waals surface area contributed by atoms with Crippen LogP contribution in [-0.4, -0.2) is 16.9 Å². The maximum atomic E-state index is 10.9. The third kappa shape index (κ3) is 3.75. The number of urea groups is 1. The molecule has 122 valence electrons. The standard InChI is InChI=1S/C17H20BrN3OS/c1-10-15(13-3-2-11(8-13)9-20-17(19)22)16(23-21-10)12-4-6-14(18)7-5-12/h4-7,11,13H,2-3,8-9H2,1H3,(H3,19,20,22). The smallest absolute Gasteiger partial charge is 0.312 e. The van der Waals surface area contributed by atoms with Crippen molar-refractivity contribution in [3.8, 4) is 10.4 Å². The normalized spacial score (nSPS) is 20.6. The molecule has 0 radical (unpaired) electrons. The molecule has 1 heterocycles. The molecular formula is C17H20BrN3OS. The van der Waals surface area contributed by atoms with Gasteiger partial charge in [0.2, 0.25) is 0 Å². The van der Waals surface area contributed by atoms with E-state index in [1.54, 1.807) is 11.5 Å². The Balaban J connectivity index is 1.80. The Bertz CT molecular complexity index is 698. The molecule has 6 heteroatoms. The van der Waals surface area contributed by atoms with Gasteiger partial charge in [-0.15, -0.1) is 0 Å². The molecule has 0 bridgehead atoms. The van der Waals surface area contributed by atoms with Crippen molar-refractivity contribution in [2.75, 3.05) is 6.54 Å². The Morgan fingerprint density at radius 1 is 1.39 bits per heavy atom. The van der Waals surface area contributed by atoms with Crippen molar-refractivity contribution in [3.63, 3.8) is 0 Å².